The summed E-state index contributed by atoms with van der Waals surface area (Å²) in [7, 11) is 0. The Balaban J connectivity index is 3.20. The monoisotopic (exact) mass is 216 g/mol. The van der Waals surface area contributed by atoms with Crippen LogP contribution >= 0.6 is 23.2 Å². The van der Waals surface area contributed by atoms with E-state index in [1.54, 1.807) is 12.1 Å². The minimum absolute atomic E-state index is 0.0849. The number of benzene rings is 1. The molecule has 0 aromatic heterocycles. The van der Waals surface area contributed by atoms with Crippen molar-refractivity contribution in [3.63, 3.8) is 0 Å². The molecular weight excluding hydrogens is 207 g/mol. The number of aryl methyl sites for hydroxylation is 1. The molecule has 1 rings (SSSR count). The van der Waals surface area contributed by atoms with Crippen LogP contribution in [0, 0.1) is 6.92 Å². The molecule has 0 fully saturated rings. The molecule has 0 radical (unpaired) electrons. The van der Waals surface area contributed by atoms with Crippen molar-refractivity contribution in [3.8, 4) is 0 Å². The van der Waals surface area contributed by atoms with Gasteiger partial charge in [0.2, 0.25) is 0 Å². The molecule has 0 bridgehead atoms. The van der Waals surface area contributed by atoms with Gasteiger partial charge >= 0.3 is 0 Å². The normalized spacial score (nSPS) is 10.2. The molecule has 0 atom stereocenters. The van der Waals surface area contributed by atoms with Gasteiger partial charge in [-0.3, -0.25) is 4.79 Å². The number of ketones is 1. The summed E-state index contributed by atoms with van der Waals surface area (Å²) < 4.78 is 0. The van der Waals surface area contributed by atoms with Gasteiger partial charge in [0.25, 0.3) is 0 Å². The van der Waals surface area contributed by atoms with Crippen LogP contribution in [0.15, 0.2) is 12.1 Å². The van der Waals surface area contributed by atoms with Gasteiger partial charge in [0.15, 0.2) is 5.78 Å². The van der Waals surface area contributed by atoms with E-state index in [-0.39, 0.29) is 5.78 Å². The number of hydrogen-bond donors (Lipinski definition) is 0. The van der Waals surface area contributed by atoms with E-state index in [1.807, 2.05) is 13.8 Å². The minimum Gasteiger partial charge on any atom is -0.294 e. The lowest BCUT2D eigenvalue weighted by Gasteiger charge is -2.04. The fourth-order valence-corrected chi connectivity index (χ4v) is 1.47. The summed E-state index contributed by atoms with van der Waals surface area (Å²) in [6, 6.07) is 3.38. The summed E-state index contributed by atoms with van der Waals surface area (Å²) in [5, 5.41) is 0.966. The lowest BCUT2D eigenvalue weighted by molar-refractivity contribution is 0.0988. The fraction of sp³-hybridized carbons (Fsp3) is 0.300. The lowest BCUT2D eigenvalue weighted by Crippen LogP contribution is -1.97. The van der Waals surface area contributed by atoms with Crippen LogP contribution in [0.3, 0.4) is 0 Å². The van der Waals surface area contributed by atoms with E-state index < -0.39 is 0 Å². The quantitative estimate of drug-likeness (QED) is 0.686. The van der Waals surface area contributed by atoms with Gasteiger partial charge in [-0.25, -0.2) is 0 Å². The number of carbonyl (C=O) groups is 1. The highest BCUT2D eigenvalue weighted by molar-refractivity contribution is 6.42. The third kappa shape index (κ3) is 2.23. The van der Waals surface area contributed by atoms with Gasteiger partial charge in [-0.2, -0.15) is 0 Å². The topological polar surface area (TPSA) is 17.1 Å². The van der Waals surface area contributed by atoms with Crippen LogP contribution in [0.25, 0.3) is 0 Å². The lowest BCUT2D eigenvalue weighted by atomic mass is 10.1. The van der Waals surface area contributed by atoms with Crippen molar-refractivity contribution in [2.75, 3.05) is 0 Å². The second-order valence-corrected chi connectivity index (χ2v) is 3.65. The average Bonchev–Trinajstić information content (AvgIpc) is 2.12. The van der Waals surface area contributed by atoms with E-state index in [9.17, 15) is 4.79 Å². The van der Waals surface area contributed by atoms with Crippen LogP contribution in [0.2, 0.25) is 10.0 Å². The molecule has 3 heteroatoms. The van der Waals surface area contributed by atoms with Gasteiger partial charge in [0.1, 0.15) is 0 Å². The maximum absolute atomic E-state index is 11.3. The molecule has 1 aromatic carbocycles. The number of rotatable bonds is 2. The van der Waals surface area contributed by atoms with Crippen LogP contribution in [0.1, 0.15) is 29.3 Å². The highest BCUT2D eigenvalue weighted by Crippen LogP contribution is 2.27. The van der Waals surface area contributed by atoms with E-state index in [0.29, 0.717) is 22.0 Å². The number of Topliss-reactive ketones (excluding diaryl/α,β-unsaturated/α-hetero) is 1. The predicted molar refractivity (Wildman–Crippen MR) is 55.8 cm³/mol. The molecule has 0 aliphatic heterocycles. The van der Waals surface area contributed by atoms with E-state index in [2.05, 4.69) is 0 Å². The highest BCUT2D eigenvalue weighted by atomic mass is 35.5. The molecule has 0 amide bonds. The minimum atomic E-state index is 0.0849. The molecule has 0 unspecified atom stereocenters. The van der Waals surface area contributed by atoms with Crippen molar-refractivity contribution >= 4 is 29.0 Å². The van der Waals surface area contributed by atoms with E-state index in [4.69, 9.17) is 23.2 Å². The number of carbonyl (C=O) groups excluding carboxylic acids is 1. The first-order valence-electron chi connectivity index (χ1n) is 4.05. The Hall–Kier alpha value is -0.530. The van der Waals surface area contributed by atoms with E-state index in [0.717, 1.165) is 5.56 Å². The first-order valence-corrected chi connectivity index (χ1v) is 4.80. The smallest absolute Gasteiger partial charge is 0.162 e. The van der Waals surface area contributed by atoms with Crippen LogP contribution in [0.4, 0.5) is 0 Å². The molecular formula is C10H10Cl2O. The molecule has 0 heterocycles. The van der Waals surface area contributed by atoms with Crippen LogP contribution < -0.4 is 0 Å². The van der Waals surface area contributed by atoms with Gasteiger partial charge in [-0.15, -0.1) is 0 Å². The zero-order valence-electron chi connectivity index (χ0n) is 7.53. The zero-order valence-corrected chi connectivity index (χ0v) is 9.04. The van der Waals surface area contributed by atoms with Crippen molar-refractivity contribution in [2.45, 2.75) is 20.3 Å². The van der Waals surface area contributed by atoms with Crippen LogP contribution in [-0.4, -0.2) is 5.78 Å². The third-order valence-electron chi connectivity index (χ3n) is 1.85. The Kier molecular flexibility index (Phi) is 3.34. The van der Waals surface area contributed by atoms with Gasteiger partial charge in [0, 0.05) is 12.0 Å². The van der Waals surface area contributed by atoms with Gasteiger partial charge < -0.3 is 0 Å². The summed E-state index contributed by atoms with van der Waals surface area (Å²) >= 11 is 11.7. The number of halogens is 2. The Morgan fingerprint density at radius 3 is 2.46 bits per heavy atom. The summed E-state index contributed by atoms with van der Waals surface area (Å²) in [5.74, 6) is 0.0849. The SMILES string of the molecule is CCC(=O)c1cc(C)c(Cl)c(Cl)c1. The molecule has 0 saturated carbocycles. The Bertz CT molecular complexity index is 322. The molecule has 0 saturated heterocycles. The summed E-state index contributed by atoms with van der Waals surface area (Å²) in [6.07, 6.45) is 0.484. The Labute approximate surface area is 87.7 Å². The molecule has 1 aromatic rings. The van der Waals surface area contributed by atoms with Crippen LogP contribution in [-0.2, 0) is 0 Å². The molecule has 70 valence electrons. The molecule has 0 spiro atoms. The third-order valence-corrected chi connectivity index (χ3v) is 2.75. The van der Waals surface area contributed by atoms with Gasteiger partial charge in [0.05, 0.1) is 10.0 Å². The maximum Gasteiger partial charge on any atom is 0.162 e. The summed E-state index contributed by atoms with van der Waals surface area (Å²) in [6.45, 7) is 3.65. The summed E-state index contributed by atoms with van der Waals surface area (Å²) in [4.78, 5) is 11.3. The van der Waals surface area contributed by atoms with E-state index in [1.165, 1.54) is 0 Å². The second kappa shape index (κ2) is 4.12. The van der Waals surface area contributed by atoms with Crippen LogP contribution in [0.5, 0.6) is 0 Å². The zero-order chi connectivity index (χ0) is 10.0. The van der Waals surface area contributed by atoms with Gasteiger partial charge in [-0.05, 0) is 24.6 Å². The second-order valence-electron chi connectivity index (χ2n) is 2.87. The van der Waals surface area contributed by atoms with Crippen molar-refractivity contribution in [1.29, 1.82) is 0 Å². The van der Waals surface area contributed by atoms with Crippen molar-refractivity contribution in [2.24, 2.45) is 0 Å². The van der Waals surface area contributed by atoms with E-state index >= 15 is 0 Å². The van der Waals surface area contributed by atoms with Crippen molar-refractivity contribution in [1.82, 2.24) is 0 Å². The largest absolute Gasteiger partial charge is 0.294 e. The highest BCUT2D eigenvalue weighted by Gasteiger charge is 2.08. The van der Waals surface area contributed by atoms with Crippen molar-refractivity contribution < 1.29 is 4.79 Å². The molecule has 1 nitrogen and oxygen atoms in total. The first kappa shape index (κ1) is 10.6. The average molecular weight is 217 g/mol. The van der Waals surface area contributed by atoms with Gasteiger partial charge in [-0.1, -0.05) is 30.1 Å². The Morgan fingerprint density at radius 2 is 2.00 bits per heavy atom. The van der Waals surface area contributed by atoms with Crippen molar-refractivity contribution in [3.05, 3.63) is 33.3 Å². The number of hydrogen-bond acceptors (Lipinski definition) is 1. The molecule has 13 heavy (non-hydrogen) atoms. The maximum atomic E-state index is 11.3. The Morgan fingerprint density at radius 1 is 1.38 bits per heavy atom. The molecule has 0 aliphatic rings. The molecule has 0 aliphatic carbocycles. The summed E-state index contributed by atoms with van der Waals surface area (Å²) in [5.41, 5.74) is 1.47. The fourth-order valence-electron chi connectivity index (χ4n) is 1.09. The standard InChI is InChI=1S/C10H10Cl2O/c1-3-9(13)7-4-6(2)10(12)8(11)5-7/h4-5H,3H2,1-2H3. The first-order chi connectivity index (χ1) is 6.06. The molecule has 0 N–H and O–H groups in total. The predicted octanol–water partition coefficient (Wildman–Crippen LogP) is 3.89.